The summed E-state index contributed by atoms with van der Waals surface area (Å²) in [6, 6.07) is 18.5. The van der Waals surface area contributed by atoms with Gasteiger partial charge in [0.15, 0.2) is 11.0 Å². The molecule has 0 spiro atoms. The van der Waals surface area contributed by atoms with E-state index in [-0.39, 0.29) is 11.2 Å². The summed E-state index contributed by atoms with van der Waals surface area (Å²) in [6.45, 7) is 6.68. The number of carbonyl (C=O) groups excluding carboxylic acids is 1. The summed E-state index contributed by atoms with van der Waals surface area (Å²) in [5.41, 5.74) is 5.03. The van der Waals surface area contributed by atoms with Crippen LogP contribution in [0.4, 0.5) is 0 Å². The molecule has 164 valence electrons. The fourth-order valence-corrected chi connectivity index (χ4v) is 4.33. The first-order chi connectivity index (χ1) is 15.5. The monoisotopic (exact) mass is 445 g/mol. The topological polar surface area (TPSA) is 72.7 Å². The van der Waals surface area contributed by atoms with Crippen molar-refractivity contribution in [1.82, 2.24) is 25.1 Å². The molecule has 0 unspecified atom stereocenters. The third kappa shape index (κ3) is 4.53. The zero-order valence-corrected chi connectivity index (χ0v) is 19.6. The lowest BCUT2D eigenvalue weighted by Gasteiger charge is -2.12. The number of hydrogen-bond acceptors (Lipinski definition) is 5. The molecule has 0 bridgehead atoms. The maximum Gasteiger partial charge on any atom is 0.233 e. The molecule has 1 atom stereocenters. The van der Waals surface area contributed by atoms with Crippen LogP contribution in [0, 0.1) is 6.92 Å². The maximum absolute atomic E-state index is 12.3. The van der Waals surface area contributed by atoms with E-state index >= 15 is 0 Å². The van der Waals surface area contributed by atoms with Crippen LogP contribution in [0.25, 0.3) is 33.5 Å². The normalized spacial score (nSPS) is 12.1. The molecule has 0 aliphatic heterocycles. The smallest absolute Gasteiger partial charge is 0.233 e. The average molecular weight is 446 g/mol. The second-order valence-corrected chi connectivity index (χ2v) is 9.16. The SMILES string of the molecule is CCCNC(=O)[C@H](C)Sc1nnc(-c2cc(-c3ccc(C)cc3)nc3ccccc23)n1C. The Labute approximate surface area is 192 Å². The minimum atomic E-state index is -0.255. The average Bonchev–Trinajstić information content (AvgIpc) is 3.16. The summed E-state index contributed by atoms with van der Waals surface area (Å²) in [4.78, 5) is 17.2. The Morgan fingerprint density at radius 2 is 1.88 bits per heavy atom. The van der Waals surface area contributed by atoms with Gasteiger partial charge in [0.25, 0.3) is 0 Å². The van der Waals surface area contributed by atoms with Gasteiger partial charge in [-0.05, 0) is 32.4 Å². The molecule has 0 radical (unpaired) electrons. The molecule has 32 heavy (non-hydrogen) atoms. The van der Waals surface area contributed by atoms with E-state index in [4.69, 9.17) is 4.98 Å². The van der Waals surface area contributed by atoms with Gasteiger partial charge in [0.2, 0.25) is 5.91 Å². The maximum atomic E-state index is 12.3. The van der Waals surface area contributed by atoms with E-state index in [1.807, 2.05) is 43.7 Å². The summed E-state index contributed by atoms with van der Waals surface area (Å²) < 4.78 is 1.95. The number of rotatable bonds is 7. The van der Waals surface area contributed by atoms with Gasteiger partial charge in [0.1, 0.15) is 0 Å². The van der Waals surface area contributed by atoms with Gasteiger partial charge in [-0.25, -0.2) is 4.98 Å². The fourth-order valence-electron chi connectivity index (χ4n) is 3.49. The molecule has 0 aliphatic carbocycles. The first-order valence-electron chi connectivity index (χ1n) is 10.8. The predicted octanol–water partition coefficient (Wildman–Crippen LogP) is 5.01. The highest BCUT2D eigenvalue weighted by atomic mass is 32.2. The molecule has 1 N–H and O–H groups in total. The van der Waals surface area contributed by atoms with Crippen molar-refractivity contribution in [1.29, 1.82) is 0 Å². The highest BCUT2D eigenvalue weighted by Crippen LogP contribution is 2.33. The van der Waals surface area contributed by atoms with Crippen LogP contribution in [-0.4, -0.2) is 37.5 Å². The van der Waals surface area contributed by atoms with Gasteiger partial charge in [0, 0.05) is 30.1 Å². The van der Waals surface area contributed by atoms with Crippen molar-refractivity contribution >= 4 is 28.6 Å². The predicted molar refractivity (Wildman–Crippen MR) is 131 cm³/mol. The molecule has 2 aromatic heterocycles. The van der Waals surface area contributed by atoms with Gasteiger partial charge in [-0.15, -0.1) is 10.2 Å². The van der Waals surface area contributed by atoms with Crippen molar-refractivity contribution in [3.8, 4) is 22.6 Å². The third-order valence-corrected chi connectivity index (χ3v) is 6.47. The molecule has 0 saturated carbocycles. The quantitative estimate of drug-likeness (QED) is 0.405. The molecule has 0 fully saturated rings. The minimum Gasteiger partial charge on any atom is -0.355 e. The van der Waals surface area contributed by atoms with Crippen LogP contribution < -0.4 is 5.32 Å². The van der Waals surface area contributed by atoms with Crippen LogP contribution in [-0.2, 0) is 11.8 Å². The number of hydrogen-bond donors (Lipinski definition) is 1. The third-order valence-electron chi connectivity index (χ3n) is 5.34. The van der Waals surface area contributed by atoms with E-state index in [1.54, 1.807) is 0 Å². The largest absolute Gasteiger partial charge is 0.355 e. The van der Waals surface area contributed by atoms with E-state index < -0.39 is 0 Å². The molecular formula is C25H27N5OS. The van der Waals surface area contributed by atoms with Crippen molar-refractivity contribution in [2.75, 3.05) is 6.54 Å². The van der Waals surface area contributed by atoms with Crippen LogP contribution in [0.3, 0.4) is 0 Å². The van der Waals surface area contributed by atoms with Crippen LogP contribution in [0.5, 0.6) is 0 Å². The van der Waals surface area contributed by atoms with E-state index in [0.717, 1.165) is 40.0 Å². The highest BCUT2D eigenvalue weighted by Gasteiger charge is 2.20. The number of aromatic nitrogens is 4. The Morgan fingerprint density at radius 1 is 1.12 bits per heavy atom. The van der Waals surface area contributed by atoms with Crippen molar-refractivity contribution in [3.63, 3.8) is 0 Å². The van der Waals surface area contributed by atoms with Crippen LogP contribution in [0.2, 0.25) is 0 Å². The molecule has 4 rings (SSSR count). The molecule has 2 heterocycles. The van der Waals surface area contributed by atoms with E-state index in [1.165, 1.54) is 17.3 Å². The number of carbonyl (C=O) groups is 1. The van der Waals surface area contributed by atoms with E-state index in [2.05, 4.69) is 58.8 Å². The lowest BCUT2D eigenvalue weighted by atomic mass is 10.0. The zero-order valence-electron chi connectivity index (χ0n) is 18.8. The van der Waals surface area contributed by atoms with Crippen molar-refractivity contribution in [2.24, 2.45) is 7.05 Å². The first-order valence-corrected chi connectivity index (χ1v) is 11.7. The zero-order chi connectivity index (χ0) is 22.7. The number of pyridine rings is 1. The van der Waals surface area contributed by atoms with Crippen LogP contribution >= 0.6 is 11.8 Å². The summed E-state index contributed by atoms with van der Waals surface area (Å²) in [5, 5.41) is 13.3. The van der Waals surface area contributed by atoms with Gasteiger partial charge >= 0.3 is 0 Å². The van der Waals surface area contributed by atoms with Gasteiger partial charge in [-0.3, -0.25) is 4.79 Å². The van der Waals surface area contributed by atoms with Gasteiger partial charge in [-0.2, -0.15) is 0 Å². The molecule has 0 saturated heterocycles. The number of aryl methyl sites for hydroxylation is 1. The standard InChI is InChI=1S/C25H27N5OS/c1-5-14-26-24(31)17(3)32-25-29-28-23(30(25)4)20-15-22(18-12-10-16(2)11-13-18)27-21-9-7-6-8-19(20)21/h6-13,15,17H,5,14H2,1-4H3,(H,26,31)/t17-/m0/s1. The number of nitrogens with one attached hydrogen (secondary N) is 1. The second-order valence-electron chi connectivity index (χ2n) is 7.85. The molecule has 0 aliphatic rings. The lowest BCUT2D eigenvalue weighted by molar-refractivity contribution is -0.120. The molecule has 7 heteroatoms. The Balaban J connectivity index is 1.73. The number of benzene rings is 2. The lowest BCUT2D eigenvalue weighted by Crippen LogP contribution is -2.31. The summed E-state index contributed by atoms with van der Waals surface area (Å²) in [7, 11) is 1.94. The highest BCUT2D eigenvalue weighted by molar-refractivity contribution is 8.00. The number of amides is 1. The van der Waals surface area contributed by atoms with Crippen LogP contribution in [0.1, 0.15) is 25.8 Å². The molecular weight excluding hydrogens is 418 g/mol. The number of thioether (sulfide) groups is 1. The summed E-state index contributed by atoms with van der Waals surface area (Å²) in [6.07, 6.45) is 0.912. The van der Waals surface area contributed by atoms with E-state index in [0.29, 0.717) is 11.7 Å². The Morgan fingerprint density at radius 3 is 2.62 bits per heavy atom. The van der Waals surface area contributed by atoms with Crippen molar-refractivity contribution in [2.45, 2.75) is 37.6 Å². The van der Waals surface area contributed by atoms with Crippen molar-refractivity contribution < 1.29 is 4.79 Å². The van der Waals surface area contributed by atoms with Gasteiger partial charge in [0.05, 0.1) is 16.5 Å². The first kappa shape index (κ1) is 22.0. The molecule has 1 amide bonds. The summed E-state index contributed by atoms with van der Waals surface area (Å²) >= 11 is 1.41. The molecule has 6 nitrogen and oxygen atoms in total. The molecule has 2 aromatic carbocycles. The van der Waals surface area contributed by atoms with E-state index in [9.17, 15) is 4.79 Å². The fraction of sp³-hybridized carbons (Fsp3) is 0.280. The Bertz CT molecular complexity index is 1250. The Hall–Kier alpha value is -3.19. The molecule has 4 aromatic rings. The van der Waals surface area contributed by atoms with Crippen molar-refractivity contribution in [3.05, 3.63) is 60.2 Å². The van der Waals surface area contributed by atoms with Gasteiger partial charge in [-0.1, -0.05) is 66.7 Å². The second kappa shape index (κ2) is 9.53. The number of nitrogens with zero attached hydrogens (tertiary/aromatic N) is 4. The number of fused-ring (bicyclic) bond motifs is 1. The van der Waals surface area contributed by atoms with Crippen LogP contribution in [0.15, 0.2) is 59.8 Å². The Kier molecular flexibility index (Phi) is 6.55. The summed E-state index contributed by atoms with van der Waals surface area (Å²) in [5.74, 6) is 0.762. The minimum absolute atomic E-state index is 0.0115. The van der Waals surface area contributed by atoms with Gasteiger partial charge < -0.3 is 9.88 Å². The number of para-hydroxylation sites is 1.